The normalized spacial score (nSPS) is 11.2. The van der Waals surface area contributed by atoms with E-state index >= 15 is 4.39 Å². The maximum absolute atomic E-state index is 15.1. The zero-order chi connectivity index (χ0) is 21.6. The van der Waals surface area contributed by atoms with E-state index in [1.165, 1.54) is 48.1 Å². The molecule has 0 saturated heterocycles. The fraction of sp³-hybridized carbons (Fsp3) is 0.241. The van der Waals surface area contributed by atoms with Crippen molar-refractivity contribution in [3.05, 3.63) is 107 Å². The second-order valence-electron chi connectivity index (χ2n) is 8.27. The van der Waals surface area contributed by atoms with Gasteiger partial charge in [-0.3, -0.25) is 0 Å². The molecule has 0 atom stereocenters. The summed E-state index contributed by atoms with van der Waals surface area (Å²) in [6.45, 7) is 2.23. The van der Waals surface area contributed by atoms with Crippen LogP contribution in [-0.4, -0.2) is 0 Å². The topological polar surface area (TPSA) is 0 Å². The third-order valence-electron chi connectivity index (χ3n) is 5.95. The van der Waals surface area contributed by atoms with E-state index in [-0.39, 0.29) is 11.6 Å². The molecule has 31 heavy (non-hydrogen) atoms. The SMILES string of the molecule is CCCCCc1ccc(CCc2ccc3c(F)c(-c4cccc(F)c4)ccc3c2)cc1. The molecule has 0 aliphatic rings. The summed E-state index contributed by atoms with van der Waals surface area (Å²) in [5, 5.41) is 1.45. The molecule has 4 aromatic rings. The van der Waals surface area contributed by atoms with E-state index in [0.29, 0.717) is 16.5 Å². The molecule has 0 amide bonds. The molecule has 158 valence electrons. The number of rotatable bonds is 8. The minimum Gasteiger partial charge on any atom is -0.207 e. The van der Waals surface area contributed by atoms with Crippen LogP contribution in [0.15, 0.2) is 78.9 Å². The molecule has 0 N–H and O–H groups in total. The Morgan fingerprint density at radius 2 is 1.35 bits per heavy atom. The highest BCUT2D eigenvalue weighted by atomic mass is 19.1. The standard InChI is InChI=1S/C29H28F2/c1-2-3-4-6-21-9-11-22(12-10-21)13-14-23-15-17-27-25(19-23)16-18-28(29(27)31)24-7-5-8-26(30)20-24/h5,7-12,15-20H,2-4,6,13-14H2,1H3. The maximum Gasteiger partial charge on any atom is 0.138 e. The number of halogens is 2. The molecular weight excluding hydrogens is 386 g/mol. The predicted octanol–water partition coefficient (Wildman–Crippen LogP) is 8.30. The van der Waals surface area contributed by atoms with Gasteiger partial charge in [-0.1, -0.05) is 86.5 Å². The van der Waals surface area contributed by atoms with Crippen LogP contribution in [-0.2, 0) is 19.3 Å². The van der Waals surface area contributed by atoms with Crippen LogP contribution in [0.4, 0.5) is 8.78 Å². The molecule has 0 spiro atoms. The van der Waals surface area contributed by atoms with Crippen molar-refractivity contribution in [1.82, 2.24) is 0 Å². The van der Waals surface area contributed by atoms with E-state index in [2.05, 4.69) is 37.3 Å². The van der Waals surface area contributed by atoms with Crippen molar-refractivity contribution in [1.29, 1.82) is 0 Å². The molecule has 0 aliphatic heterocycles. The van der Waals surface area contributed by atoms with Crippen molar-refractivity contribution in [2.75, 3.05) is 0 Å². The minimum absolute atomic E-state index is 0.298. The first-order valence-corrected chi connectivity index (χ1v) is 11.2. The van der Waals surface area contributed by atoms with Crippen molar-refractivity contribution in [3.8, 4) is 11.1 Å². The quantitative estimate of drug-likeness (QED) is 0.254. The molecule has 0 aromatic heterocycles. The van der Waals surface area contributed by atoms with Gasteiger partial charge in [0.25, 0.3) is 0 Å². The van der Waals surface area contributed by atoms with Crippen molar-refractivity contribution >= 4 is 10.8 Å². The van der Waals surface area contributed by atoms with Gasteiger partial charge in [-0.2, -0.15) is 0 Å². The Morgan fingerprint density at radius 1 is 0.645 bits per heavy atom. The predicted molar refractivity (Wildman–Crippen MR) is 126 cm³/mol. The van der Waals surface area contributed by atoms with E-state index in [9.17, 15) is 4.39 Å². The molecule has 0 radical (unpaired) electrons. The van der Waals surface area contributed by atoms with Gasteiger partial charge in [0.05, 0.1) is 0 Å². The fourth-order valence-electron chi connectivity index (χ4n) is 4.12. The Bertz CT molecular complexity index is 1160. The van der Waals surface area contributed by atoms with Crippen LogP contribution >= 0.6 is 0 Å². The van der Waals surface area contributed by atoms with Gasteiger partial charge in [-0.25, -0.2) is 8.78 Å². The van der Waals surface area contributed by atoms with E-state index in [0.717, 1.165) is 24.6 Å². The maximum atomic E-state index is 15.1. The summed E-state index contributed by atoms with van der Waals surface area (Å²) in [4.78, 5) is 0. The van der Waals surface area contributed by atoms with Crippen molar-refractivity contribution in [2.45, 2.75) is 45.4 Å². The van der Waals surface area contributed by atoms with Crippen molar-refractivity contribution < 1.29 is 8.78 Å². The van der Waals surface area contributed by atoms with Gasteiger partial charge in [-0.05, 0) is 65.5 Å². The smallest absolute Gasteiger partial charge is 0.138 e. The van der Waals surface area contributed by atoms with E-state index in [1.54, 1.807) is 18.2 Å². The lowest BCUT2D eigenvalue weighted by atomic mass is 9.97. The second kappa shape index (κ2) is 9.87. The molecule has 0 unspecified atom stereocenters. The molecular formula is C29H28F2. The number of hydrogen-bond donors (Lipinski definition) is 0. The zero-order valence-electron chi connectivity index (χ0n) is 18.0. The van der Waals surface area contributed by atoms with Gasteiger partial charge in [0.15, 0.2) is 0 Å². The third-order valence-corrected chi connectivity index (χ3v) is 5.95. The van der Waals surface area contributed by atoms with Crippen LogP contribution in [0.25, 0.3) is 21.9 Å². The Labute approximate surface area is 183 Å². The summed E-state index contributed by atoms with van der Waals surface area (Å²) in [5.41, 5.74) is 4.91. The highest BCUT2D eigenvalue weighted by Crippen LogP contribution is 2.30. The molecule has 0 nitrogen and oxygen atoms in total. The number of aryl methyl sites for hydroxylation is 3. The molecule has 0 saturated carbocycles. The Morgan fingerprint density at radius 3 is 2.10 bits per heavy atom. The minimum atomic E-state index is -0.360. The van der Waals surface area contributed by atoms with E-state index in [4.69, 9.17) is 0 Å². The van der Waals surface area contributed by atoms with Crippen LogP contribution < -0.4 is 0 Å². The van der Waals surface area contributed by atoms with Gasteiger partial charge < -0.3 is 0 Å². The molecule has 0 heterocycles. The van der Waals surface area contributed by atoms with Crippen molar-refractivity contribution in [2.24, 2.45) is 0 Å². The number of benzene rings is 4. The summed E-state index contributed by atoms with van der Waals surface area (Å²) in [6, 6.07) is 24.6. The lowest BCUT2D eigenvalue weighted by Crippen LogP contribution is -1.94. The van der Waals surface area contributed by atoms with Crippen LogP contribution in [0.2, 0.25) is 0 Å². The fourth-order valence-corrected chi connectivity index (χ4v) is 4.12. The van der Waals surface area contributed by atoms with E-state index < -0.39 is 0 Å². The van der Waals surface area contributed by atoms with Gasteiger partial charge in [0, 0.05) is 10.9 Å². The van der Waals surface area contributed by atoms with Gasteiger partial charge in [0.1, 0.15) is 11.6 Å². The molecule has 4 rings (SSSR count). The Kier molecular flexibility index (Phi) is 6.76. The third kappa shape index (κ3) is 5.19. The lowest BCUT2D eigenvalue weighted by molar-refractivity contribution is 0.627. The van der Waals surface area contributed by atoms with Gasteiger partial charge in [-0.15, -0.1) is 0 Å². The highest BCUT2D eigenvalue weighted by Gasteiger charge is 2.10. The zero-order valence-corrected chi connectivity index (χ0v) is 18.0. The first kappa shape index (κ1) is 21.2. The van der Waals surface area contributed by atoms with Crippen LogP contribution in [0, 0.1) is 11.6 Å². The monoisotopic (exact) mass is 414 g/mol. The largest absolute Gasteiger partial charge is 0.207 e. The average Bonchev–Trinajstić information content (AvgIpc) is 2.79. The summed E-state index contributed by atoms with van der Waals surface area (Å²) < 4.78 is 28.6. The summed E-state index contributed by atoms with van der Waals surface area (Å²) in [5.74, 6) is -0.658. The number of hydrogen-bond acceptors (Lipinski definition) is 0. The number of fused-ring (bicyclic) bond motifs is 1. The van der Waals surface area contributed by atoms with Gasteiger partial charge >= 0.3 is 0 Å². The lowest BCUT2D eigenvalue weighted by Gasteiger charge is -2.09. The first-order chi connectivity index (χ1) is 15.1. The van der Waals surface area contributed by atoms with Crippen LogP contribution in [0.3, 0.4) is 0 Å². The molecule has 4 aromatic carbocycles. The van der Waals surface area contributed by atoms with Gasteiger partial charge in [0.2, 0.25) is 0 Å². The average molecular weight is 415 g/mol. The Balaban J connectivity index is 1.46. The first-order valence-electron chi connectivity index (χ1n) is 11.2. The number of unbranched alkanes of at least 4 members (excludes halogenated alkanes) is 2. The molecule has 0 fully saturated rings. The summed E-state index contributed by atoms with van der Waals surface area (Å²) >= 11 is 0. The molecule has 0 bridgehead atoms. The van der Waals surface area contributed by atoms with E-state index in [1.807, 2.05) is 18.2 Å². The van der Waals surface area contributed by atoms with Crippen molar-refractivity contribution in [3.63, 3.8) is 0 Å². The van der Waals surface area contributed by atoms with Crippen LogP contribution in [0.1, 0.15) is 42.9 Å². The summed E-state index contributed by atoms with van der Waals surface area (Å²) in [7, 11) is 0. The molecule has 2 heteroatoms. The second-order valence-corrected chi connectivity index (χ2v) is 8.27. The van der Waals surface area contributed by atoms with Crippen LogP contribution in [0.5, 0.6) is 0 Å². The highest BCUT2D eigenvalue weighted by molar-refractivity contribution is 5.88. The Hall–Kier alpha value is -3.00. The summed E-state index contributed by atoms with van der Waals surface area (Å²) in [6.07, 6.45) is 6.82. The molecule has 0 aliphatic carbocycles.